The summed E-state index contributed by atoms with van der Waals surface area (Å²) < 4.78 is 7.28. The number of Topliss-reactive ketones (excluding diaryl/α,β-unsaturated/α-hetero) is 1. The number of imidazole rings is 1. The highest BCUT2D eigenvalue weighted by molar-refractivity contribution is 6.03. The molecule has 0 bridgehead atoms. The maximum atomic E-state index is 12.9. The number of H-pyrrole nitrogens is 1. The fourth-order valence-corrected chi connectivity index (χ4v) is 4.00. The van der Waals surface area contributed by atoms with Crippen LogP contribution in [0.2, 0.25) is 0 Å². The van der Waals surface area contributed by atoms with E-state index in [1.54, 1.807) is 4.68 Å². The second-order valence-electron chi connectivity index (χ2n) is 7.68. The first kappa shape index (κ1) is 18.4. The van der Waals surface area contributed by atoms with Crippen molar-refractivity contribution in [3.63, 3.8) is 0 Å². The third-order valence-corrected chi connectivity index (χ3v) is 5.34. The van der Waals surface area contributed by atoms with Gasteiger partial charge in [0, 0.05) is 12.1 Å². The van der Waals surface area contributed by atoms with Gasteiger partial charge >= 0.3 is 0 Å². The molecule has 0 radical (unpaired) electrons. The van der Waals surface area contributed by atoms with Crippen molar-refractivity contribution in [1.82, 2.24) is 19.7 Å². The minimum absolute atomic E-state index is 0.111. The number of para-hydroxylation sites is 2. The van der Waals surface area contributed by atoms with Crippen LogP contribution in [0.1, 0.15) is 36.3 Å². The van der Waals surface area contributed by atoms with Gasteiger partial charge < -0.3 is 15.0 Å². The van der Waals surface area contributed by atoms with Crippen molar-refractivity contribution in [2.45, 2.75) is 26.7 Å². The molecule has 0 fully saturated rings. The number of ether oxygens (including phenoxy) is 1. The maximum absolute atomic E-state index is 12.9. The van der Waals surface area contributed by atoms with Crippen LogP contribution in [0.5, 0.6) is 5.75 Å². The highest BCUT2D eigenvalue weighted by atomic mass is 16.5. The van der Waals surface area contributed by atoms with Gasteiger partial charge in [-0.15, -0.1) is 5.10 Å². The molecule has 1 aliphatic carbocycles. The quantitative estimate of drug-likeness (QED) is 0.508. The first-order chi connectivity index (χ1) is 14.6. The molecule has 2 heterocycles. The molecule has 0 saturated carbocycles. The molecule has 5 rings (SSSR count). The predicted molar refractivity (Wildman–Crippen MR) is 116 cm³/mol. The minimum atomic E-state index is 0.111. The second kappa shape index (κ2) is 7.33. The standard InChI is InChI=1S/C23H23N5O2/c1-3-30-16-10-8-15(9-11-16)24-22-21-19(12-14(2)13-20(21)29)28(27-22)23-25-17-6-4-5-7-18(17)26-23/h4-11,14H,3,12-13H2,1-2H3,(H,24,27)(H,25,26). The number of nitrogens with zero attached hydrogens (tertiary/aromatic N) is 3. The van der Waals surface area contributed by atoms with Crippen LogP contribution in [-0.4, -0.2) is 32.1 Å². The normalized spacial score (nSPS) is 15.9. The van der Waals surface area contributed by atoms with Gasteiger partial charge in [-0.25, -0.2) is 9.67 Å². The number of hydrogen-bond acceptors (Lipinski definition) is 5. The predicted octanol–water partition coefficient (Wildman–Crippen LogP) is 4.66. The number of carbonyl (C=O) groups is 1. The van der Waals surface area contributed by atoms with Gasteiger partial charge in [0.15, 0.2) is 11.6 Å². The zero-order chi connectivity index (χ0) is 20.7. The van der Waals surface area contributed by atoms with Gasteiger partial charge in [-0.2, -0.15) is 0 Å². The van der Waals surface area contributed by atoms with Crippen molar-refractivity contribution in [1.29, 1.82) is 0 Å². The van der Waals surface area contributed by atoms with E-state index in [4.69, 9.17) is 9.84 Å². The first-order valence-electron chi connectivity index (χ1n) is 10.2. The van der Waals surface area contributed by atoms with E-state index in [1.807, 2.05) is 55.5 Å². The molecule has 152 valence electrons. The molecule has 2 aromatic heterocycles. The summed E-state index contributed by atoms with van der Waals surface area (Å²) in [7, 11) is 0. The summed E-state index contributed by atoms with van der Waals surface area (Å²) in [6.45, 7) is 4.67. The summed E-state index contributed by atoms with van der Waals surface area (Å²) in [5.41, 5.74) is 4.21. The van der Waals surface area contributed by atoms with Crippen molar-refractivity contribution >= 4 is 28.3 Å². The maximum Gasteiger partial charge on any atom is 0.229 e. The number of anilines is 2. The summed E-state index contributed by atoms with van der Waals surface area (Å²) in [4.78, 5) is 20.9. The van der Waals surface area contributed by atoms with Crippen LogP contribution in [0.4, 0.5) is 11.5 Å². The highest BCUT2D eigenvalue weighted by Gasteiger charge is 2.31. The Hall–Kier alpha value is -3.61. The van der Waals surface area contributed by atoms with Gasteiger partial charge in [0.25, 0.3) is 0 Å². The lowest BCUT2D eigenvalue weighted by molar-refractivity contribution is 0.0953. The van der Waals surface area contributed by atoms with E-state index in [0.717, 1.165) is 34.6 Å². The summed E-state index contributed by atoms with van der Waals surface area (Å²) in [6, 6.07) is 15.5. The molecule has 1 unspecified atom stereocenters. The molecule has 1 aliphatic rings. The average molecular weight is 401 g/mol. The van der Waals surface area contributed by atoms with Gasteiger partial charge in [-0.1, -0.05) is 19.1 Å². The Kier molecular flexibility index (Phi) is 4.50. The van der Waals surface area contributed by atoms with Crippen LogP contribution in [0.15, 0.2) is 48.5 Å². The number of fused-ring (bicyclic) bond motifs is 2. The van der Waals surface area contributed by atoms with Gasteiger partial charge in [-0.3, -0.25) is 4.79 Å². The van der Waals surface area contributed by atoms with Crippen molar-refractivity contribution in [3.05, 3.63) is 59.8 Å². The monoisotopic (exact) mass is 401 g/mol. The third kappa shape index (κ3) is 3.22. The summed E-state index contributed by atoms with van der Waals surface area (Å²) in [6.07, 6.45) is 1.30. The number of benzene rings is 2. The number of ketones is 1. The molecule has 2 aromatic carbocycles. The molecule has 4 aromatic rings. The Morgan fingerprint density at radius 3 is 2.73 bits per heavy atom. The van der Waals surface area contributed by atoms with E-state index in [1.165, 1.54) is 0 Å². The Morgan fingerprint density at radius 2 is 1.97 bits per heavy atom. The van der Waals surface area contributed by atoms with Crippen LogP contribution in [0, 0.1) is 5.92 Å². The van der Waals surface area contributed by atoms with E-state index in [9.17, 15) is 4.79 Å². The summed E-state index contributed by atoms with van der Waals surface area (Å²) in [5.74, 6) is 2.37. The molecular weight excluding hydrogens is 378 g/mol. The fraction of sp³-hybridized carbons (Fsp3) is 0.261. The Balaban J connectivity index is 1.57. The number of nitrogens with one attached hydrogen (secondary N) is 2. The number of aromatic amines is 1. The first-order valence-corrected chi connectivity index (χ1v) is 10.2. The number of rotatable bonds is 5. The largest absolute Gasteiger partial charge is 0.494 e. The van der Waals surface area contributed by atoms with Gasteiger partial charge in [0.05, 0.1) is 28.9 Å². The SMILES string of the molecule is CCOc1ccc(Nc2nn(-c3nc4ccccc4[nH]3)c3c2C(=O)CC(C)C3)cc1. The van der Waals surface area contributed by atoms with Crippen LogP contribution in [-0.2, 0) is 6.42 Å². The van der Waals surface area contributed by atoms with Crippen LogP contribution < -0.4 is 10.1 Å². The lowest BCUT2D eigenvalue weighted by Gasteiger charge is -2.18. The topological polar surface area (TPSA) is 84.8 Å². The lowest BCUT2D eigenvalue weighted by Crippen LogP contribution is -2.20. The minimum Gasteiger partial charge on any atom is -0.494 e. The summed E-state index contributed by atoms with van der Waals surface area (Å²) in [5, 5.41) is 8.08. The van der Waals surface area contributed by atoms with Crippen molar-refractivity contribution in [3.8, 4) is 11.7 Å². The van der Waals surface area contributed by atoms with E-state index in [2.05, 4.69) is 22.2 Å². The Bertz CT molecular complexity index is 1190. The van der Waals surface area contributed by atoms with Crippen molar-refractivity contribution in [2.75, 3.05) is 11.9 Å². The van der Waals surface area contributed by atoms with Crippen LogP contribution in [0.3, 0.4) is 0 Å². The Labute approximate surface area is 174 Å². The number of carbonyl (C=O) groups excluding carboxylic acids is 1. The van der Waals surface area contributed by atoms with Gasteiger partial charge in [0.2, 0.25) is 5.95 Å². The van der Waals surface area contributed by atoms with E-state index in [0.29, 0.717) is 30.4 Å². The van der Waals surface area contributed by atoms with Crippen molar-refractivity contribution in [2.24, 2.45) is 5.92 Å². The zero-order valence-electron chi connectivity index (χ0n) is 17.0. The van der Waals surface area contributed by atoms with E-state index < -0.39 is 0 Å². The van der Waals surface area contributed by atoms with E-state index >= 15 is 0 Å². The molecule has 0 spiro atoms. The molecule has 7 heteroatoms. The highest BCUT2D eigenvalue weighted by Crippen LogP contribution is 2.34. The van der Waals surface area contributed by atoms with Gasteiger partial charge in [0.1, 0.15) is 5.75 Å². The second-order valence-corrected chi connectivity index (χ2v) is 7.68. The van der Waals surface area contributed by atoms with Crippen molar-refractivity contribution < 1.29 is 9.53 Å². The molecule has 0 saturated heterocycles. The smallest absolute Gasteiger partial charge is 0.229 e. The molecule has 1 atom stereocenters. The molecule has 0 aliphatic heterocycles. The zero-order valence-corrected chi connectivity index (χ0v) is 17.0. The fourth-order valence-electron chi connectivity index (χ4n) is 4.00. The molecule has 7 nitrogen and oxygen atoms in total. The molecule has 0 amide bonds. The van der Waals surface area contributed by atoms with E-state index in [-0.39, 0.29) is 11.7 Å². The Morgan fingerprint density at radius 1 is 1.17 bits per heavy atom. The van der Waals surface area contributed by atoms with Crippen LogP contribution >= 0.6 is 0 Å². The van der Waals surface area contributed by atoms with Gasteiger partial charge in [-0.05, 0) is 55.7 Å². The van der Waals surface area contributed by atoms with Crippen LogP contribution in [0.25, 0.3) is 17.0 Å². The average Bonchev–Trinajstić information content (AvgIpc) is 3.31. The third-order valence-electron chi connectivity index (χ3n) is 5.34. The molecule has 30 heavy (non-hydrogen) atoms. The summed E-state index contributed by atoms with van der Waals surface area (Å²) >= 11 is 0. The molecular formula is C23H23N5O2. The number of hydrogen-bond donors (Lipinski definition) is 2. The molecule has 2 N–H and O–H groups in total. The number of aromatic nitrogens is 4. The lowest BCUT2D eigenvalue weighted by atomic mass is 9.88.